The minimum absolute atomic E-state index is 0.0259. The summed E-state index contributed by atoms with van der Waals surface area (Å²) >= 11 is 5.25. The predicted molar refractivity (Wildman–Crippen MR) is 142 cm³/mol. The van der Waals surface area contributed by atoms with Crippen LogP contribution in [0.4, 0.5) is 5.69 Å². The lowest BCUT2D eigenvalue weighted by Crippen LogP contribution is -2.09. The molecule has 0 saturated heterocycles. The molecule has 0 unspecified atom stereocenters. The zero-order chi connectivity index (χ0) is 26.0. The number of aromatic hydroxyl groups is 2. The molecule has 2 aliphatic carbocycles. The third-order valence-corrected chi connectivity index (χ3v) is 5.06. The Balaban J connectivity index is 0.000000205. The molecule has 4 rings (SSSR count). The number of nitrogens with zero attached hydrogens (tertiary/aromatic N) is 2. The van der Waals surface area contributed by atoms with Crippen molar-refractivity contribution >= 4 is 40.5 Å². The van der Waals surface area contributed by atoms with E-state index in [1.54, 1.807) is 62.4 Å². The third kappa shape index (κ3) is 8.68. The van der Waals surface area contributed by atoms with Crippen LogP contribution in [0.25, 0.3) is 0 Å². The molecule has 0 atom stereocenters. The summed E-state index contributed by atoms with van der Waals surface area (Å²) < 4.78 is 3.47. The number of halogens is 1. The van der Waals surface area contributed by atoms with Crippen molar-refractivity contribution < 1.29 is 19.8 Å². The largest absolute Gasteiger partial charge is 0.508 e. The van der Waals surface area contributed by atoms with E-state index < -0.39 is 0 Å². The van der Waals surface area contributed by atoms with Crippen LogP contribution < -0.4 is 0 Å². The maximum Gasteiger partial charge on any atom is 0.184 e. The van der Waals surface area contributed by atoms with Crippen LogP contribution in [0.2, 0.25) is 0 Å². The van der Waals surface area contributed by atoms with Gasteiger partial charge in [0.1, 0.15) is 11.5 Å². The van der Waals surface area contributed by atoms with Crippen LogP contribution in [0.15, 0.2) is 99.6 Å². The smallest absolute Gasteiger partial charge is 0.184 e. The summed E-state index contributed by atoms with van der Waals surface area (Å²) in [5, 5.41) is 18.3. The minimum Gasteiger partial charge on any atom is -0.508 e. The van der Waals surface area contributed by atoms with Gasteiger partial charge in [-0.3, -0.25) is 9.59 Å². The van der Waals surface area contributed by atoms with Gasteiger partial charge in [-0.15, -0.1) is 0 Å². The Morgan fingerprint density at radius 2 is 1.26 bits per heavy atom. The van der Waals surface area contributed by atoms with Crippen molar-refractivity contribution in [1.82, 2.24) is 0 Å². The number of carbonyl (C=O) groups excluding carboxylic acids is 2. The molecular weight excluding hydrogens is 464 g/mol. The van der Waals surface area contributed by atoms with Gasteiger partial charge in [-0.1, -0.05) is 18.2 Å². The van der Waals surface area contributed by atoms with Crippen LogP contribution in [0.5, 0.6) is 11.5 Å². The minimum atomic E-state index is -0.0259. The Morgan fingerprint density at radius 1 is 0.743 bits per heavy atom. The number of rotatable bonds is 1. The van der Waals surface area contributed by atoms with Crippen LogP contribution in [0.1, 0.15) is 25.0 Å². The van der Waals surface area contributed by atoms with Gasteiger partial charge in [-0.05, 0) is 111 Å². The molecule has 2 aromatic rings. The first-order chi connectivity index (χ1) is 16.6. The topological polar surface area (TPSA) is 99.3 Å². The number of phenolic OH excluding ortho intramolecular Hbond substituents is 2. The number of hydrogen-bond acceptors (Lipinski definition) is 6. The fourth-order valence-corrected chi connectivity index (χ4v) is 3.17. The second-order valence-electron chi connectivity index (χ2n) is 7.86. The van der Waals surface area contributed by atoms with Gasteiger partial charge in [-0.2, -0.15) is 4.51 Å². The highest BCUT2D eigenvalue weighted by molar-refractivity contribution is 6.28. The first kappa shape index (κ1) is 27.2. The quantitative estimate of drug-likeness (QED) is 0.463. The summed E-state index contributed by atoms with van der Waals surface area (Å²) in [6, 6.07) is 12.3. The fourth-order valence-electron chi connectivity index (χ4n) is 3.07. The Morgan fingerprint density at radius 3 is 1.69 bits per heavy atom. The fraction of sp³-hybridized carbons (Fsp3) is 0.143. The molecule has 0 amide bonds. The lowest BCUT2D eigenvalue weighted by atomic mass is 9.98. The van der Waals surface area contributed by atoms with E-state index in [0.29, 0.717) is 28.4 Å². The maximum absolute atomic E-state index is 11.2. The normalized spacial score (nSPS) is 14.2. The van der Waals surface area contributed by atoms with Crippen molar-refractivity contribution in [2.45, 2.75) is 27.7 Å². The summed E-state index contributed by atoms with van der Waals surface area (Å²) in [5.41, 5.74) is 5.11. The van der Waals surface area contributed by atoms with Gasteiger partial charge < -0.3 is 10.2 Å². The van der Waals surface area contributed by atoms with Crippen LogP contribution in [0, 0.1) is 13.8 Å². The molecule has 0 spiro atoms. The Bertz CT molecular complexity index is 1220. The van der Waals surface area contributed by atoms with E-state index in [1.807, 2.05) is 32.0 Å². The molecule has 0 bridgehead atoms. The number of carbonyl (C=O) groups is 2. The number of para-hydroxylation sites is 1. The van der Waals surface area contributed by atoms with E-state index in [1.165, 1.54) is 12.2 Å². The van der Waals surface area contributed by atoms with Crippen LogP contribution >= 0.6 is 11.8 Å². The molecule has 2 N–H and O–H groups in total. The molecule has 0 aliphatic heterocycles. The predicted octanol–water partition coefficient (Wildman–Crippen LogP) is 6.23. The van der Waals surface area contributed by atoms with E-state index in [4.69, 9.17) is 16.9 Å². The van der Waals surface area contributed by atoms with Crippen LogP contribution in [0.3, 0.4) is 0 Å². The average molecular weight is 491 g/mol. The number of benzene rings is 2. The Labute approximate surface area is 210 Å². The Kier molecular flexibility index (Phi) is 10.1. The van der Waals surface area contributed by atoms with Gasteiger partial charge in [0.15, 0.2) is 11.6 Å². The van der Waals surface area contributed by atoms with E-state index in [9.17, 15) is 14.7 Å². The zero-order valence-corrected chi connectivity index (χ0v) is 20.7. The molecule has 0 radical (unpaired) electrons. The number of hydrogen-bond donors (Lipinski definition) is 2. The maximum atomic E-state index is 11.2. The van der Waals surface area contributed by atoms with E-state index >= 15 is 0 Å². The number of ketones is 2. The van der Waals surface area contributed by atoms with Crippen molar-refractivity contribution in [2.75, 3.05) is 0 Å². The molecule has 0 saturated carbocycles. The molecular formula is C28H27ClN2O4. The standard InChI is InChI=1S/C14H13NO2.C8H8ClNO.C6H6O/c1-9-7-12(8-10(2)14(9)17)15-11-3-5-13(16)6-4-11;1-5-3-7(10-9)4-6(2)8(5)11;7-6-4-2-1-3-5-6/h3-8,17H,1-2H3;3-4H,1-2H3;1-5,7H. The summed E-state index contributed by atoms with van der Waals surface area (Å²) in [6.07, 6.45) is 9.67. The lowest BCUT2D eigenvalue weighted by molar-refractivity contribution is -0.112. The van der Waals surface area contributed by atoms with Crippen molar-refractivity contribution in [2.24, 2.45) is 9.50 Å². The van der Waals surface area contributed by atoms with Crippen molar-refractivity contribution in [3.8, 4) is 11.5 Å². The lowest BCUT2D eigenvalue weighted by Gasteiger charge is -2.06. The van der Waals surface area contributed by atoms with Crippen molar-refractivity contribution in [3.63, 3.8) is 0 Å². The SMILES string of the molecule is CC1=CC(=NCl)C=C(C)C1=O.Cc1cc(N=C2C=CC(=O)C=C2)cc(C)c1O.Oc1ccccc1. The second kappa shape index (κ2) is 13.0. The molecule has 2 aliphatic rings. The molecule has 0 fully saturated rings. The first-order valence-electron chi connectivity index (χ1n) is 10.7. The average Bonchev–Trinajstić information content (AvgIpc) is 2.83. The molecule has 35 heavy (non-hydrogen) atoms. The summed E-state index contributed by atoms with van der Waals surface area (Å²) in [7, 11) is 0. The van der Waals surface area contributed by atoms with Gasteiger partial charge in [0, 0.05) is 11.8 Å². The van der Waals surface area contributed by atoms with Gasteiger partial charge in [-0.25, -0.2) is 4.99 Å². The highest BCUT2D eigenvalue weighted by Gasteiger charge is 2.12. The van der Waals surface area contributed by atoms with Crippen LogP contribution in [-0.4, -0.2) is 33.2 Å². The van der Waals surface area contributed by atoms with Gasteiger partial charge in [0.25, 0.3) is 0 Å². The van der Waals surface area contributed by atoms with Gasteiger partial charge >= 0.3 is 0 Å². The van der Waals surface area contributed by atoms with Crippen molar-refractivity contribution in [3.05, 3.63) is 101 Å². The molecule has 7 heteroatoms. The highest BCUT2D eigenvalue weighted by Crippen LogP contribution is 2.27. The number of phenols is 2. The zero-order valence-electron chi connectivity index (χ0n) is 20.0. The van der Waals surface area contributed by atoms with E-state index in [2.05, 4.69) is 9.50 Å². The monoisotopic (exact) mass is 490 g/mol. The first-order valence-corrected chi connectivity index (χ1v) is 11.1. The molecule has 180 valence electrons. The van der Waals surface area contributed by atoms with Gasteiger partial charge in [0.05, 0.1) is 17.1 Å². The summed E-state index contributed by atoms with van der Waals surface area (Å²) in [5.74, 6) is 0.664. The molecule has 0 heterocycles. The Hall–Kier alpha value is -4.03. The summed E-state index contributed by atoms with van der Waals surface area (Å²) in [4.78, 5) is 26.5. The second-order valence-corrected chi connectivity index (χ2v) is 8.03. The third-order valence-electron chi connectivity index (χ3n) is 4.87. The molecule has 6 nitrogen and oxygen atoms in total. The van der Waals surface area contributed by atoms with Crippen LogP contribution in [-0.2, 0) is 9.59 Å². The number of aryl methyl sites for hydroxylation is 2. The van der Waals surface area contributed by atoms with Crippen molar-refractivity contribution in [1.29, 1.82) is 0 Å². The van der Waals surface area contributed by atoms with E-state index in [0.717, 1.165) is 22.5 Å². The molecule has 2 aromatic carbocycles. The van der Waals surface area contributed by atoms with Gasteiger partial charge in [0.2, 0.25) is 0 Å². The summed E-state index contributed by atoms with van der Waals surface area (Å²) in [6.45, 7) is 7.17. The number of aliphatic imine (C=N–C) groups is 1. The molecule has 0 aromatic heterocycles. The number of allylic oxidation sites excluding steroid dienone is 8. The number of Topliss-reactive ketones (excluding diaryl/α,β-unsaturated/α-hetero) is 1. The van der Waals surface area contributed by atoms with E-state index in [-0.39, 0.29) is 11.6 Å². The highest BCUT2D eigenvalue weighted by atomic mass is 35.5.